The molecule has 1 amide bonds. The maximum atomic E-state index is 12.5. The second-order valence-corrected chi connectivity index (χ2v) is 8.96. The van der Waals surface area contributed by atoms with E-state index in [0.717, 1.165) is 30.9 Å². The number of rotatable bonds is 10. The van der Waals surface area contributed by atoms with Crippen molar-refractivity contribution in [2.75, 3.05) is 26.9 Å². The topological polar surface area (TPSA) is 182 Å². The van der Waals surface area contributed by atoms with Gasteiger partial charge in [-0.3, -0.25) is 28.2 Å². The van der Waals surface area contributed by atoms with Crippen LogP contribution in [0.15, 0.2) is 17.1 Å². The number of aromatic amines is 1. The molecular weight excluding hydrogens is 514 g/mol. The third kappa shape index (κ3) is 7.16. The minimum absolute atomic E-state index is 0.261. The van der Waals surface area contributed by atoms with Crippen molar-refractivity contribution in [2.24, 2.45) is 0 Å². The Bertz CT molecular complexity index is 1120. The molecule has 2 unspecified atom stereocenters. The molecule has 1 aliphatic heterocycles. The number of nitrogens with zero attached hydrogens (tertiary/aromatic N) is 1. The number of carbonyl (C=O) groups excluding carboxylic acids is 1. The van der Waals surface area contributed by atoms with Crippen LogP contribution in [0.2, 0.25) is 0 Å². The molecule has 1 aromatic heterocycles. The van der Waals surface area contributed by atoms with E-state index < -0.39 is 75.3 Å². The fraction of sp³-hybridized carbons (Fsp3) is 0.688. The van der Waals surface area contributed by atoms with Gasteiger partial charge in [-0.25, -0.2) is 4.57 Å². The van der Waals surface area contributed by atoms with E-state index in [2.05, 4.69) is 18.8 Å². The second kappa shape index (κ2) is 10.9. The molecule has 0 aliphatic carbocycles. The smallest absolute Gasteiger partial charge is 0.387 e. The second-order valence-electron chi connectivity index (χ2n) is 7.19. The number of aromatic nitrogens is 2. The standard InChI is InChI=1S/C16H23F3N3O10PS/c1-15(26)11(24)9(32-13(15)22-4-3-10(23)21-14(22)34)7-31-33(27,28)30-6-8(5-29-2)20-12(25)16(17,18)19/h3-4,8-9,11,13,24,26H,5-7H2,1-2H3,(H,20,25)(H,27,28)(H,21,23,34)/t8-,9+,11-,13+,15?/m0/s1/i7D2. The highest BCUT2D eigenvalue weighted by Gasteiger charge is 2.53. The molecule has 6 atom stereocenters. The molecule has 13 nitrogen and oxygen atoms in total. The van der Waals surface area contributed by atoms with E-state index >= 15 is 0 Å². The number of methoxy groups -OCH3 is 1. The molecule has 0 spiro atoms. The predicted octanol–water partition coefficient (Wildman–Crippen LogP) is -0.258. The van der Waals surface area contributed by atoms with Crippen molar-refractivity contribution in [3.8, 4) is 0 Å². The molecule has 0 saturated carbocycles. The Morgan fingerprint density at radius 1 is 1.50 bits per heavy atom. The Morgan fingerprint density at radius 2 is 2.15 bits per heavy atom. The highest BCUT2D eigenvalue weighted by Crippen LogP contribution is 2.45. The predicted molar refractivity (Wildman–Crippen MR) is 108 cm³/mol. The number of H-pyrrole nitrogens is 1. The number of halogens is 3. The highest BCUT2D eigenvalue weighted by molar-refractivity contribution is 7.71. The van der Waals surface area contributed by atoms with Crippen LogP contribution in [0.5, 0.6) is 0 Å². The SMILES string of the molecule is [2H]C([2H])(OP(=O)(O)OC[C@H](COC)NC(=O)C(F)(F)F)[C@H]1O[C@@H](n2ccc(=O)[nH]c2=S)C(C)(O)[C@H]1O. The van der Waals surface area contributed by atoms with Gasteiger partial charge in [-0.15, -0.1) is 0 Å². The van der Waals surface area contributed by atoms with Crippen LogP contribution in [0, 0.1) is 4.77 Å². The molecule has 2 rings (SSSR count). The maximum Gasteiger partial charge on any atom is 0.472 e. The lowest BCUT2D eigenvalue weighted by molar-refractivity contribution is -0.175. The largest absolute Gasteiger partial charge is 0.472 e. The molecule has 1 fully saturated rings. The molecular formula is C16H23F3N3O10PS. The Kier molecular flexibility index (Phi) is 8.16. The molecule has 0 radical (unpaired) electrons. The Labute approximate surface area is 197 Å². The Hall–Kier alpha value is -1.69. The first-order valence-electron chi connectivity index (χ1n) is 10.2. The number of aliphatic hydroxyl groups is 2. The van der Waals surface area contributed by atoms with Crippen molar-refractivity contribution in [1.82, 2.24) is 14.9 Å². The number of ether oxygens (including phenoxy) is 2. The minimum Gasteiger partial charge on any atom is -0.387 e. The van der Waals surface area contributed by atoms with Gasteiger partial charge in [0.1, 0.15) is 17.8 Å². The average molecular weight is 539 g/mol. The third-order valence-corrected chi connectivity index (χ3v) is 5.57. The number of nitrogens with one attached hydrogen (secondary N) is 2. The van der Waals surface area contributed by atoms with Crippen LogP contribution >= 0.6 is 20.0 Å². The third-order valence-electron chi connectivity index (χ3n) is 4.45. The molecule has 5 N–H and O–H groups in total. The number of phosphoric ester groups is 1. The van der Waals surface area contributed by atoms with Gasteiger partial charge in [0.2, 0.25) is 0 Å². The quantitative estimate of drug-likeness (QED) is 0.195. The molecule has 0 aromatic carbocycles. The van der Waals surface area contributed by atoms with Crippen LogP contribution in [0.4, 0.5) is 13.2 Å². The highest BCUT2D eigenvalue weighted by atomic mass is 32.1. The lowest BCUT2D eigenvalue weighted by Gasteiger charge is -2.28. The first kappa shape index (κ1) is 25.4. The number of phosphoric acid groups is 1. The van der Waals surface area contributed by atoms with Crippen molar-refractivity contribution in [3.63, 3.8) is 0 Å². The van der Waals surface area contributed by atoms with Crippen LogP contribution in [0.3, 0.4) is 0 Å². The fourth-order valence-electron chi connectivity index (χ4n) is 2.78. The number of hydrogen-bond acceptors (Lipinski definition) is 10. The zero-order chi connectivity index (χ0) is 27.7. The molecule has 1 saturated heterocycles. The molecule has 1 aromatic rings. The first-order chi connectivity index (χ1) is 16.3. The summed E-state index contributed by atoms with van der Waals surface area (Å²) in [5.41, 5.74) is -2.86. The summed E-state index contributed by atoms with van der Waals surface area (Å²) < 4.78 is 85.3. The van der Waals surface area contributed by atoms with E-state index in [9.17, 15) is 42.4 Å². The van der Waals surface area contributed by atoms with E-state index in [1.165, 1.54) is 5.32 Å². The monoisotopic (exact) mass is 539 g/mol. The Morgan fingerprint density at radius 3 is 2.71 bits per heavy atom. The fourth-order valence-corrected chi connectivity index (χ4v) is 3.70. The van der Waals surface area contributed by atoms with E-state index in [-0.39, 0.29) is 4.77 Å². The number of hydrogen-bond donors (Lipinski definition) is 5. The molecule has 34 heavy (non-hydrogen) atoms. The summed E-state index contributed by atoms with van der Waals surface area (Å²) >= 11 is 4.96. The van der Waals surface area contributed by atoms with Gasteiger partial charge >= 0.3 is 19.9 Å². The van der Waals surface area contributed by atoms with Crippen molar-refractivity contribution in [1.29, 1.82) is 0 Å². The summed E-state index contributed by atoms with van der Waals surface area (Å²) in [4.78, 5) is 34.7. The number of carbonyl (C=O) groups is 1. The van der Waals surface area contributed by atoms with Crippen molar-refractivity contribution in [2.45, 2.75) is 43.2 Å². The Balaban J connectivity index is 2.17. The number of amides is 1. The van der Waals surface area contributed by atoms with Gasteiger partial charge in [-0.2, -0.15) is 13.2 Å². The van der Waals surface area contributed by atoms with Crippen molar-refractivity contribution < 1.29 is 58.9 Å². The van der Waals surface area contributed by atoms with Gasteiger partial charge in [0.05, 0.1) is 28.6 Å². The number of aliphatic hydroxyl groups excluding tert-OH is 1. The summed E-state index contributed by atoms with van der Waals surface area (Å²) in [6, 6.07) is -0.580. The summed E-state index contributed by atoms with van der Waals surface area (Å²) in [5.74, 6) is -2.38. The van der Waals surface area contributed by atoms with E-state index in [0.29, 0.717) is 0 Å². The molecule has 0 bridgehead atoms. The average Bonchev–Trinajstić information content (AvgIpc) is 2.95. The van der Waals surface area contributed by atoms with Crippen LogP contribution in [-0.4, -0.2) is 87.5 Å². The number of alkyl halides is 3. The van der Waals surface area contributed by atoms with Gasteiger partial charge in [0.15, 0.2) is 11.0 Å². The minimum atomic E-state index is -5.41. The first-order valence-corrected chi connectivity index (χ1v) is 11.1. The van der Waals surface area contributed by atoms with Crippen LogP contribution in [0.25, 0.3) is 0 Å². The van der Waals surface area contributed by atoms with Gasteiger partial charge in [0.25, 0.3) is 5.56 Å². The van der Waals surface area contributed by atoms with Crippen LogP contribution in [0.1, 0.15) is 15.9 Å². The molecule has 194 valence electrons. The molecule has 18 heteroatoms. The molecule has 2 heterocycles. The summed E-state index contributed by atoms with van der Waals surface area (Å²) in [6.45, 7) is -3.94. The van der Waals surface area contributed by atoms with E-state index in [1.54, 1.807) is 0 Å². The maximum absolute atomic E-state index is 12.5. The van der Waals surface area contributed by atoms with Crippen LogP contribution < -0.4 is 10.9 Å². The van der Waals surface area contributed by atoms with Crippen LogP contribution in [-0.2, 0) is 27.9 Å². The van der Waals surface area contributed by atoms with Crippen molar-refractivity contribution >= 4 is 25.9 Å². The van der Waals surface area contributed by atoms with Crippen molar-refractivity contribution in [3.05, 3.63) is 27.4 Å². The normalized spacial score (nSPS) is 29.1. The van der Waals surface area contributed by atoms with E-state index in [1.807, 2.05) is 0 Å². The van der Waals surface area contributed by atoms with Gasteiger partial charge in [-0.05, 0) is 19.1 Å². The summed E-state index contributed by atoms with van der Waals surface area (Å²) in [7, 11) is -4.35. The van der Waals surface area contributed by atoms with E-state index in [4.69, 9.17) is 19.7 Å². The molecule has 1 aliphatic rings. The lowest BCUT2D eigenvalue weighted by atomic mass is 9.96. The van der Waals surface area contributed by atoms with Gasteiger partial charge in [-0.1, -0.05) is 0 Å². The van der Waals surface area contributed by atoms with Gasteiger partial charge in [0, 0.05) is 19.4 Å². The van der Waals surface area contributed by atoms with Gasteiger partial charge < -0.3 is 29.9 Å². The zero-order valence-corrected chi connectivity index (χ0v) is 19.2. The zero-order valence-electron chi connectivity index (χ0n) is 19.5. The summed E-state index contributed by atoms with van der Waals surface area (Å²) in [6.07, 6.45) is -9.98. The lowest BCUT2D eigenvalue weighted by Crippen LogP contribution is -2.47. The summed E-state index contributed by atoms with van der Waals surface area (Å²) in [5, 5.41) is 22.7.